The van der Waals surface area contributed by atoms with E-state index in [2.05, 4.69) is 0 Å². The molecule has 7 nitrogen and oxygen atoms in total. The second-order valence-corrected chi connectivity index (χ2v) is 5.16. The normalized spacial score (nSPS) is 11.5. The Labute approximate surface area is 142 Å². The van der Waals surface area contributed by atoms with Crippen LogP contribution in [0, 0.1) is 10.1 Å². The van der Waals surface area contributed by atoms with Crippen LogP contribution in [-0.2, 0) is 4.79 Å². The molecular formula is C16H14ClNO6. The molecule has 0 spiro atoms. The molecular weight excluding hydrogens is 338 g/mol. The van der Waals surface area contributed by atoms with Crippen LogP contribution in [0.15, 0.2) is 42.5 Å². The molecule has 0 N–H and O–H groups in total. The van der Waals surface area contributed by atoms with Gasteiger partial charge in [-0.3, -0.25) is 10.1 Å². The number of hydrogen-bond donors (Lipinski definition) is 0. The first-order chi connectivity index (χ1) is 11.4. The quantitative estimate of drug-likeness (QED) is 0.342. The molecule has 0 aliphatic carbocycles. The Morgan fingerprint density at radius 1 is 1.17 bits per heavy atom. The molecule has 0 aromatic heterocycles. The summed E-state index contributed by atoms with van der Waals surface area (Å²) >= 11 is 5.78. The summed E-state index contributed by atoms with van der Waals surface area (Å²) in [6.45, 7) is 1.50. The highest BCUT2D eigenvalue weighted by Gasteiger charge is 2.21. The van der Waals surface area contributed by atoms with E-state index in [1.807, 2.05) is 0 Å². The van der Waals surface area contributed by atoms with Crippen LogP contribution < -0.4 is 14.2 Å². The molecule has 8 heteroatoms. The molecule has 2 aromatic rings. The SMILES string of the molecule is COc1ccc([N+](=O)[O-])cc1OC(=O)C(C)Oc1ccc(Cl)cc1. The number of nitro benzene ring substituents is 1. The van der Waals surface area contributed by atoms with E-state index in [1.165, 1.54) is 26.2 Å². The number of halogens is 1. The molecule has 0 radical (unpaired) electrons. The van der Waals surface area contributed by atoms with Gasteiger partial charge in [-0.05, 0) is 37.3 Å². The van der Waals surface area contributed by atoms with Gasteiger partial charge in [0.2, 0.25) is 0 Å². The van der Waals surface area contributed by atoms with Gasteiger partial charge in [-0.2, -0.15) is 0 Å². The summed E-state index contributed by atoms with van der Waals surface area (Å²) in [4.78, 5) is 22.4. The van der Waals surface area contributed by atoms with E-state index in [0.29, 0.717) is 10.8 Å². The summed E-state index contributed by atoms with van der Waals surface area (Å²) in [5, 5.41) is 11.4. The first-order valence-electron chi connectivity index (χ1n) is 6.87. The van der Waals surface area contributed by atoms with Crippen molar-refractivity contribution in [2.24, 2.45) is 0 Å². The Bertz CT molecular complexity index is 747. The van der Waals surface area contributed by atoms with Crippen LogP contribution >= 0.6 is 11.6 Å². The third kappa shape index (κ3) is 4.36. The second kappa shape index (κ2) is 7.65. The first kappa shape index (κ1) is 17.6. The Hall–Kier alpha value is -2.80. The monoisotopic (exact) mass is 351 g/mol. The maximum atomic E-state index is 12.1. The zero-order valence-corrected chi connectivity index (χ0v) is 13.6. The van der Waals surface area contributed by atoms with E-state index in [9.17, 15) is 14.9 Å². The number of non-ortho nitro benzene ring substituents is 1. The zero-order chi connectivity index (χ0) is 17.7. The van der Waals surface area contributed by atoms with Gasteiger partial charge in [0.15, 0.2) is 17.6 Å². The van der Waals surface area contributed by atoms with Crippen molar-refractivity contribution < 1.29 is 23.9 Å². The highest BCUT2D eigenvalue weighted by atomic mass is 35.5. The Balaban J connectivity index is 2.11. The highest BCUT2D eigenvalue weighted by Crippen LogP contribution is 2.31. The van der Waals surface area contributed by atoms with Crippen molar-refractivity contribution in [1.29, 1.82) is 0 Å². The Kier molecular flexibility index (Phi) is 5.59. The lowest BCUT2D eigenvalue weighted by Crippen LogP contribution is -2.28. The van der Waals surface area contributed by atoms with Crippen LogP contribution in [-0.4, -0.2) is 24.1 Å². The predicted octanol–water partition coefficient (Wildman–Crippen LogP) is 3.63. The van der Waals surface area contributed by atoms with Crippen LogP contribution in [0.5, 0.6) is 17.2 Å². The van der Waals surface area contributed by atoms with Gasteiger partial charge in [-0.15, -0.1) is 0 Å². The molecule has 2 rings (SSSR count). The van der Waals surface area contributed by atoms with Gasteiger partial charge in [0, 0.05) is 11.1 Å². The molecule has 0 fully saturated rings. The summed E-state index contributed by atoms with van der Waals surface area (Å²) in [6.07, 6.45) is -0.935. The van der Waals surface area contributed by atoms with Crippen LogP contribution in [0.4, 0.5) is 5.69 Å². The maximum absolute atomic E-state index is 12.1. The molecule has 0 aliphatic heterocycles. The molecule has 2 aromatic carbocycles. The number of benzene rings is 2. The lowest BCUT2D eigenvalue weighted by Gasteiger charge is -2.15. The molecule has 0 saturated carbocycles. The average Bonchev–Trinajstić information content (AvgIpc) is 2.56. The number of ether oxygens (including phenoxy) is 3. The van der Waals surface area contributed by atoms with E-state index >= 15 is 0 Å². The summed E-state index contributed by atoms with van der Waals surface area (Å²) in [5.74, 6) is -0.130. The lowest BCUT2D eigenvalue weighted by atomic mass is 10.3. The number of nitro groups is 1. The molecule has 0 bridgehead atoms. The third-order valence-corrected chi connectivity index (χ3v) is 3.28. The fourth-order valence-corrected chi connectivity index (χ4v) is 1.94. The summed E-state index contributed by atoms with van der Waals surface area (Å²) in [6, 6.07) is 10.2. The van der Waals surface area contributed by atoms with E-state index in [4.69, 9.17) is 25.8 Å². The Morgan fingerprint density at radius 2 is 1.83 bits per heavy atom. The summed E-state index contributed by atoms with van der Waals surface area (Å²) in [7, 11) is 1.37. The van der Waals surface area contributed by atoms with E-state index < -0.39 is 17.0 Å². The standard InChI is InChI=1S/C16H14ClNO6/c1-10(23-13-6-3-11(17)4-7-13)16(19)24-15-9-12(18(20)21)5-8-14(15)22-2/h3-10H,1-2H3. The fraction of sp³-hybridized carbons (Fsp3) is 0.188. The van der Waals surface area contributed by atoms with Crippen molar-refractivity contribution in [2.45, 2.75) is 13.0 Å². The van der Waals surface area contributed by atoms with Crippen LogP contribution in [0.3, 0.4) is 0 Å². The largest absolute Gasteiger partial charge is 0.493 e. The van der Waals surface area contributed by atoms with Crippen molar-refractivity contribution in [1.82, 2.24) is 0 Å². The van der Waals surface area contributed by atoms with Crippen molar-refractivity contribution >= 4 is 23.3 Å². The minimum absolute atomic E-state index is 0.0525. The van der Waals surface area contributed by atoms with E-state index in [1.54, 1.807) is 24.3 Å². The van der Waals surface area contributed by atoms with Crippen molar-refractivity contribution in [3.05, 3.63) is 57.6 Å². The first-order valence-corrected chi connectivity index (χ1v) is 7.25. The molecule has 0 amide bonds. The van der Waals surface area contributed by atoms with Gasteiger partial charge < -0.3 is 14.2 Å². The third-order valence-electron chi connectivity index (χ3n) is 3.03. The summed E-state index contributed by atoms with van der Waals surface area (Å²) in [5.41, 5.74) is -0.218. The number of methoxy groups -OCH3 is 1. The smallest absolute Gasteiger partial charge is 0.352 e. The van der Waals surface area contributed by atoms with E-state index in [0.717, 1.165) is 6.07 Å². The number of rotatable bonds is 6. The number of nitrogens with zero attached hydrogens (tertiary/aromatic N) is 1. The molecule has 0 aliphatic rings. The van der Waals surface area contributed by atoms with Crippen LogP contribution in [0.1, 0.15) is 6.92 Å². The lowest BCUT2D eigenvalue weighted by molar-refractivity contribution is -0.384. The zero-order valence-electron chi connectivity index (χ0n) is 12.9. The van der Waals surface area contributed by atoms with Crippen molar-refractivity contribution in [2.75, 3.05) is 7.11 Å². The van der Waals surface area contributed by atoms with Gasteiger partial charge in [0.05, 0.1) is 18.1 Å². The van der Waals surface area contributed by atoms with Gasteiger partial charge in [-0.25, -0.2) is 4.79 Å². The molecule has 24 heavy (non-hydrogen) atoms. The molecule has 1 atom stereocenters. The average molecular weight is 352 g/mol. The van der Waals surface area contributed by atoms with Gasteiger partial charge in [-0.1, -0.05) is 11.6 Å². The number of hydrogen-bond acceptors (Lipinski definition) is 6. The highest BCUT2D eigenvalue weighted by molar-refractivity contribution is 6.30. The second-order valence-electron chi connectivity index (χ2n) is 4.73. The van der Waals surface area contributed by atoms with Gasteiger partial charge in [0.1, 0.15) is 5.75 Å². The molecule has 0 saturated heterocycles. The number of carbonyl (C=O) groups excluding carboxylic acids is 1. The Morgan fingerprint density at radius 3 is 2.42 bits per heavy atom. The molecule has 1 unspecified atom stereocenters. The number of esters is 1. The fourth-order valence-electron chi connectivity index (χ4n) is 1.82. The minimum atomic E-state index is -0.935. The minimum Gasteiger partial charge on any atom is -0.493 e. The summed E-state index contributed by atoms with van der Waals surface area (Å²) < 4.78 is 15.6. The maximum Gasteiger partial charge on any atom is 0.352 e. The van der Waals surface area contributed by atoms with Crippen molar-refractivity contribution in [3.8, 4) is 17.2 Å². The molecule has 126 valence electrons. The predicted molar refractivity (Wildman–Crippen MR) is 86.8 cm³/mol. The number of carbonyl (C=O) groups is 1. The van der Waals surface area contributed by atoms with E-state index in [-0.39, 0.29) is 17.2 Å². The molecule has 0 heterocycles. The van der Waals surface area contributed by atoms with Crippen LogP contribution in [0.2, 0.25) is 5.02 Å². The van der Waals surface area contributed by atoms with Crippen LogP contribution in [0.25, 0.3) is 0 Å². The van der Waals surface area contributed by atoms with Gasteiger partial charge in [0.25, 0.3) is 5.69 Å². The van der Waals surface area contributed by atoms with Gasteiger partial charge >= 0.3 is 5.97 Å². The topological polar surface area (TPSA) is 87.9 Å². The van der Waals surface area contributed by atoms with Crippen molar-refractivity contribution in [3.63, 3.8) is 0 Å².